The van der Waals surface area contributed by atoms with Crippen LogP contribution in [0.5, 0.6) is 0 Å². The van der Waals surface area contributed by atoms with Crippen molar-refractivity contribution in [1.82, 2.24) is 0 Å². The van der Waals surface area contributed by atoms with Crippen LogP contribution in [0.4, 0.5) is 0 Å². The average Bonchev–Trinajstić information content (AvgIpc) is 3.29. The fourth-order valence-electron chi connectivity index (χ4n) is 8.83. The molecule has 0 radical (unpaired) electrons. The summed E-state index contributed by atoms with van der Waals surface area (Å²) in [5.74, 6) is 1.39. The molecule has 0 spiro atoms. The standard InChI is InChI=1S/C42H46/c1-26(2)42(39-33-19-13-11-17-30(33)31-18-12-14-20-34(31)39)25-28(40(3,4)5)24-35-36(42)22-21-32-29-16-10-9-15-27(29)23-37(38(32)35)41(6,7)8/h9-23,26,28,39H,24-25H2,1-8H3. The molecule has 2 atom stereocenters. The lowest BCUT2D eigenvalue weighted by atomic mass is 9.50. The number of fused-ring (bicyclic) bond motifs is 8. The molecule has 2 aliphatic rings. The highest BCUT2D eigenvalue weighted by atomic mass is 14.6. The maximum Gasteiger partial charge on any atom is 0.0201 e. The Bertz CT molecular complexity index is 1790. The van der Waals surface area contributed by atoms with Crippen LogP contribution in [-0.4, -0.2) is 0 Å². The van der Waals surface area contributed by atoms with Crippen molar-refractivity contribution in [3.05, 3.63) is 119 Å². The summed E-state index contributed by atoms with van der Waals surface area (Å²) in [6.07, 6.45) is 2.35. The van der Waals surface area contributed by atoms with Gasteiger partial charge in [0, 0.05) is 11.3 Å². The second-order valence-corrected chi connectivity index (χ2v) is 15.7. The van der Waals surface area contributed by atoms with Crippen molar-refractivity contribution in [3.8, 4) is 11.1 Å². The fourth-order valence-corrected chi connectivity index (χ4v) is 8.83. The predicted octanol–water partition coefficient (Wildman–Crippen LogP) is 11.6. The van der Waals surface area contributed by atoms with E-state index < -0.39 is 0 Å². The minimum Gasteiger partial charge on any atom is -0.0619 e. The second kappa shape index (κ2) is 9.31. The van der Waals surface area contributed by atoms with Gasteiger partial charge < -0.3 is 0 Å². The third-order valence-corrected chi connectivity index (χ3v) is 11.1. The van der Waals surface area contributed by atoms with E-state index in [1.807, 2.05) is 0 Å². The monoisotopic (exact) mass is 550 g/mol. The fraction of sp³-hybridized carbons (Fsp3) is 0.381. The second-order valence-electron chi connectivity index (χ2n) is 15.7. The van der Waals surface area contributed by atoms with Crippen LogP contribution in [0.2, 0.25) is 0 Å². The molecular formula is C42H46. The van der Waals surface area contributed by atoms with Gasteiger partial charge in [0.2, 0.25) is 0 Å². The van der Waals surface area contributed by atoms with Crippen LogP contribution in [0.3, 0.4) is 0 Å². The van der Waals surface area contributed by atoms with Crippen molar-refractivity contribution in [2.24, 2.45) is 17.3 Å². The Morgan fingerprint density at radius 1 is 0.690 bits per heavy atom. The molecule has 0 heterocycles. The maximum absolute atomic E-state index is 2.57. The molecule has 214 valence electrons. The highest BCUT2D eigenvalue weighted by Gasteiger charge is 2.53. The molecule has 0 bridgehead atoms. The van der Waals surface area contributed by atoms with Crippen LogP contribution in [0.1, 0.15) is 95.5 Å². The van der Waals surface area contributed by atoms with Crippen LogP contribution in [0.25, 0.3) is 32.7 Å². The van der Waals surface area contributed by atoms with Gasteiger partial charge in [-0.25, -0.2) is 0 Å². The highest BCUT2D eigenvalue weighted by Crippen LogP contribution is 2.63. The summed E-state index contributed by atoms with van der Waals surface area (Å²) in [6.45, 7) is 19.7. The molecule has 0 heteroatoms. The van der Waals surface area contributed by atoms with Crippen LogP contribution < -0.4 is 0 Å². The minimum atomic E-state index is -0.0107. The smallest absolute Gasteiger partial charge is 0.0201 e. The third kappa shape index (κ3) is 3.87. The first-order valence-corrected chi connectivity index (χ1v) is 16.1. The van der Waals surface area contributed by atoms with Gasteiger partial charge in [0.05, 0.1) is 0 Å². The molecule has 2 unspecified atom stereocenters. The number of rotatable bonds is 2. The summed E-state index contributed by atoms with van der Waals surface area (Å²) < 4.78 is 0. The topological polar surface area (TPSA) is 0 Å². The summed E-state index contributed by atoms with van der Waals surface area (Å²) >= 11 is 0. The van der Waals surface area contributed by atoms with E-state index >= 15 is 0 Å². The van der Waals surface area contributed by atoms with E-state index in [1.54, 1.807) is 11.1 Å². The molecule has 0 fully saturated rings. The SMILES string of the molecule is CC(C)C1(C2c3ccccc3-c3ccccc32)CC(C(C)(C)C)Cc2c1ccc1c2c(C(C)(C)C)cc2ccccc21. The summed E-state index contributed by atoms with van der Waals surface area (Å²) in [7, 11) is 0. The van der Waals surface area contributed by atoms with Gasteiger partial charge in [0.1, 0.15) is 0 Å². The molecule has 0 N–H and O–H groups in total. The van der Waals surface area contributed by atoms with E-state index in [1.165, 1.54) is 55.8 Å². The van der Waals surface area contributed by atoms with E-state index in [2.05, 4.69) is 146 Å². The Labute approximate surface area is 253 Å². The van der Waals surface area contributed by atoms with Gasteiger partial charge in [-0.05, 0) is 102 Å². The summed E-state index contributed by atoms with van der Waals surface area (Å²) in [5.41, 5.74) is 10.8. The number of hydrogen-bond acceptors (Lipinski definition) is 0. The quantitative estimate of drug-likeness (QED) is 0.192. The molecule has 5 aromatic rings. The summed E-state index contributed by atoms with van der Waals surface area (Å²) in [4.78, 5) is 0. The number of benzene rings is 5. The van der Waals surface area contributed by atoms with Crippen LogP contribution >= 0.6 is 0 Å². The van der Waals surface area contributed by atoms with E-state index in [0.717, 1.165) is 6.42 Å². The molecule has 0 saturated carbocycles. The lowest BCUT2D eigenvalue weighted by Crippen LogP contribution is -2.47. The van der Waals surface area contributed by atoms with Gasteiger partial charge >= 0.3 is 0 Å². The molecule has 5 aromatic carbocycles. The van der Waals surface area contributed by atoms with Gasteiger partial charge in [0.15, 0.2) is 0 Å². The Balaban J connectivity index is 1.64. The first-order chi connectivity index (χ1) is 19.9. The van der Waals surface area contributed by atoms with Crippen molar-refractivity contribution < 1.29 is 0 Å². The minimum absolute atomic E-state index is 0.0107. The predicted molar refractivity (Wildman–Crippen MR) is 182 cm³/mol. The normalized spacial score (nSPS) is 20.6. The van der Waals surface area contributed by atoms with Crippen molar-refractivity contribution >= 4 is 21.5 Å². The highest BCUT2D eigenvalue weighted by molar-refractivity contribution is 6.11. The lowest BCUT2D eigenvalue weighted by Gasteiger charge is -2.53. The first kappa shape index (κ1) is 27.5. The largest absolute Gasteiger partial charge is 0.0619 e. The molecule has 2 aliphatic carbocycles. The van der Waals surface area contributed by atoms with E-state index in [9.17, 15) is 0 Å². The van der Waals surface area contributed by atoms with Crippen LogP contribution in [0.15, 0.2) is 91.0 Å². The molecule has 0 nitrogen and oxygen atoms in total. The van der Waals surface area contributed by atoms with Gasteiger partial charge in [-0.2, -0.15) is 0 Å². The molecule has 0 saturated heterocycles. The van der Waals surface area contributed by atoms with E-state index in [-0.39, 0.29) is 16.2 Å². The van der Waals surface area contributed by atoms with Crippen molar-refractivity contribution in [3.63, 3.8) is 0 Å². The molecule has 7 rings (SSSR count). The van der Waals surface area contributed by atoms with E-state index in [0.29, 0.717) is 17.8 Å². The molecule has 0 amide bonds. The summed E-state index contributed by atoms with van der Waals surface area (Å²) in [5, 5.41) is 5.69. The average molecular weight is 551 g/mol. The van der Waals surface area contributed by atoms with Crippen LogP contribution in [-0.2, 0) is 17.3 Å². The van der Waals surface area contributed by atoms with Crippen LogP contribution in [0, 0.1) is 17.3 Å². The zero-order valence-corrected chi connectivity index (χ0v) is 26.8. The van der Waals surface area contributed by atoms with E-state index in [4.69, 9.17) is 0 Å². The molecule has 0 aromatic heterocycles. The van der Waals surface area contributed by atoms with Gasteiger partial charge in [-0.15, -0.1) is 0 Å². The molecule has 0 aliphatic heterocycles. The van der Waals surface area contributed by atoms with Crippen molar-refractivity contribution in [1.29, 1.82) is 0 Å². The first-order valence-electron chi connectivity index (χ1n) is 16.1. The third-order valence-electron chi connectivity index (χ3n) is 11.1. The Morgan fingerprint density at radius 3 is 1.88 bits per heavy atom. The Morgan fingerprint density at radius 2 is 1.29 bits per heavy atom. The Hall–Kier alpha value is -3.38. The number of hydrogen-bond donors (Lipinski definition) is 0. The van der Waals surface area contributed by atoms with Crippen molar-refractivity contribution in [2.45, 2.75) is 85.0 Å². The molecule has 42 heavy (non-hydrogen) atoms. The van der Waals surface area contributed by atoms with Gasteiger partial charge in [-0.3, -0.25) is 0 Å². The van der Waals surface area contributed by atoms with Gasteiger partial charge in [-0.1, -0.05) is 140 Å². The molecular weight excluding hydrogens is 504 g/mol. The lowest BCUT2D eigenvalue weighted by molar-refractivity contribution is 0.120. The zero-order valence-electron chi connectivity index (χ0n) is 26.8. The Kier molecular flexibility index (Phi) is 6.08. The van der Waals surface area contributed by atoms with Crippen molar-refractivity contribution in [2.75, 3.05) is 0 Å². The van der Waals surface area contributed by atoms with Gasteiger partial charge in [0.25, 0.3) is 0 Å². The maximum atomic E-state index is 2.57. The summed E-state index contributed by atoms with van der Waals surface area (Å²) in [6, 6.07) is 35.2. The zero-order chi connectivity index (χ0) is 29.6.